The minimum atomic E-state index is -0.276. The summed E-state index contributed by atoms with van der Waals surface area (Å²) in [5.74, 6) is 2.31. The van der Waals surface area contributed by atoms with Crippen molar-refractivity contribution in [2.24, 2.45) is 5.92 Å². The van der Waals surface area contributed by atoms with Crippen LogP contribution in [0.4, 0.5) is 0 Å². The Bertz CT molecular complexity index is 649. The molecule has 0 bridgehead atoms. The number of ketones is 1. The Morgan fingerprint density at radius 2 is 1.96 bits per heavy atom. The van der Waals surface area contributed by atoms with Gasteiger partial charge in [0.1, 0.15) is 24.3 Å². The van der Waals surface area contributed by atoms with Crippen LogP contribution in [0, 0.1) is 5.92 Å². The second-order valence-corrected chi connectivity index (χ2v) is 6.16. The minimum absolute atomic E-state index is 0.0876. The van der Waals surface area contributed by atoms with Crippen LogP contribution in [0.5, 0.6) is 11.5 Å². The summed E-state index contributed by atoms with van der Waals surface area (Å²) in [6, 6.07) is 5.76. The summed E-state index contributed by atoms with van der Waals surface area (Å²) in [4.78, 5) is 12.2. The lowest BCUT2D eigenvalue weighted by Crippen LogP contribution is -2.35. The van der Waals surface area contributed by atoms with E-state index in [0.29, 0.717) is 31.1 Å². The maximum absolute atomic E-state index is 12.2. The van der Waals surface area contributed by atoms with Gasteiger partial charge in [0.2, 0.25) is 0 Å². The number of rotatable bonds is 4. The maximum atomic E-state index is 12.2. The minimum Gasteiger partial charge on any atom is -0.493 e. The van der Waals surface area contributed by atoms with E-state index in [0.717, 1.165) is 29.7 Å². The molecule has 0 spiro atoms. The third-order valence-corrected chi connectivity index (χ3v) is 4.80. The second-order valence-electron chi connectivity index (χ2n) is 6.16. The average molecular weight is 332 g/mol. The van der Waals surface area contributed by atoms with Crippen molar-refractivity contribution in [3.63, 3.8) is 0 Å². The third-order valence-electron chi connectivity index (χ3n) is 4.80. The van der Waals surface area contributed by atoms with E-state index in [9.17, 15) is 4.79 Å². The van der Waals surface area contributed by atoms with Crippen molar-refractivity contribution in [2.75, 3.05) is 27.4 Å². The normalized spacial score (nSPS) is 26.0. The quantitative estimate of drug-likeness (QED) is 0.847. The Labute approximate surface area is 142 Å². The SMILES string of the molecule is COc1ccc(/C(C)=C2\OCCOC2C2CCCC2=O)cc1OC. The van der Waals surface area contributed by atoms with Gasteiger partial charge in [-0.1, -0.05) is 6.07 Å². The first-order valence-electron chi connectivity index (χ1n) is 8.36. The molecule has 24 heavy (non-hydrogen) atoms. The number of carbonyl (C=O) groups is 1. The van der Waals surface area contributed by atoms with Gasteiger partial charge in [0.25, 0.3) is 0 Å². The Hall–Kier alpha value is -2.01. The molecule has 5 nitrogen and oxygen atoms in total. The molecule has 2 aliphatic rings. The summed E-state index contributed by atoms with van der Waals surface area (Å²) in [5, 5.41) is 0. The first-order valence-corrected chi connectivity index (χ1v) is 8.36. The number of Topliss-reactive ketones (excluding diaryl/α,β-unsaturated/α-hetero) is 1. The molecule has 1 aromatic rings. The summed E-state index contributed by atoms with van der Waals surface area (Å²) in [6.07, 6.45) is 2.18. The van der Waals surface area contributed by atoms with Crippen molar-refractivity contribution in [2.45, 2.75) is 32.3 Å². The third kappa shape index (κ3) is 3.13. The molecule has 1 saturated heterocycles. The second kappa shape index (κ2) is 7.26. The Morgan fingerprint density at radius 3 is 2.62 bits per heavy atom. The van der Waals surface area contributed by atoms with E-state index in [1.165, 1.54) is 0 Å². The Kier molecular flexibility index (Phi) is 5.09. The molecular formula is C19H24O5. The highest BCUT2D eigenvalue weighted by Crippen LogP contribution is 2.37. The van der Waals surface area contributed by atoms with Gasteiger partial charge in [-0.25, -0.2) is 0 Å². The number of benzene rings is 1. The van der Waals surface area contributed by atoms with Crippen LogP contribution in [-0.2, 0) is 14.3 Å². The molecule has 2 atom stereocenters. The molecule has 0 aromatic heterocycles. The fraction of sp³-hybridized carbons (Fsp3) is 0.526. The van der Waals surface area contributed by atoms with Gasteiger partial charge in [-0.05, 0) is 43.0 Å². The largest absolute Gasteiger partial charge is 0.493 e. The summed E-state index contributed by atoms with van der Waals surface area (Å²) < 4.78 is 22.5. The van der Waals surface area contributed by atoms with Crippen molar-refractivity contribution in [3.8, 4) is 11.5 Å². The molecule has 1 saturated carbocycles. The lowest BCUT2D eigenvalue weighted by atomic mass is 9.93. The first-order chi connectivity index (χ1) is 11.7. The monoisotopic (exact) mass is 332 g/mol. The molecule has 5 heteroatoms. The van der Waals surface area contributed by atoms with E-state index in [4.69, 9.17) is 18.9 Å². The van der Waals surface area contributed by atoms with E-state index >= 15 is 0 Å². The number of hydrogen-bond acceptors (Lipinski definition) is 5. The molecule has 3 rings (SSSR count). The van der Waals surface area contributed by atoms with E-state index < -0.39 is 0 Å². The molecule has 1 heterocycles. The van der Waals surface area contributed by atoms with Crippen molar-refractivity contribution in [3.05, 3.63) is 29.5 Å². The van der Waals surface area contributed by atoms with E-state index in [-0.39, 0.29) is 17.8 Å². The first kappa shape index (κ1) is 16.8. The Morgan fingerprint density at radius 1 is 1.17 bits per heavy atom. The number of ether oxygens (including phenoxy) is 4. The number of carbonyl (C=O) groups excluding carboxylic acids is 1. The van der Waals surface area contributed by atoms with Crippen molar-refractivity contribution in [1.29, 1.82) is 0 Å². The standard InChI is InChI=1S/C19H24O5/c1-12(13-7-8-16(21-2)17(11-13)22-3)18-19(24-10-9-23-18)14-5-4-6-15(14)20/h7-8,11,14,19H,4-6,9-10H2,1-3H3/b18-12-. The van der Waals surface area contributed by atoms with Gasteiger partial charge in [-0.3, -0.25) is 4.79 Å². The molecular weight excluding hydrogens is 308 g/mol. The van der Waals surface area contributed by atoms with Crippen molar-refractivity contribution < 1.29 is 23.7 Å². The highest BCUT2D eigenvalue weighted by Gasteiger charge is 2.38. The van der Waals surface area contributed by atoms with Gasteiger partial charge in [-0.2, -0.15) is 0 Å². The smallest absolute Gasteiger partial charge is 0.161 e. The molecule has 0 amide bonds. The van der Waals surface area contributed by atoms with Crippen molar-refractivity contribution >= 4 is 11.4 Å². The van der Waals surface area contributed by atoms with E-state index in [1.807, 2.05) is 25.1 Å². The van der Waals surface area contributed by atoms with Crippen LogP contribution >= 0.6 is 0 Å². The van der Waals surface area contributed by atoms with Gasteiger partial charge >= 0.3 is 0 Å². The van der Waals surface area contributed by atoms with Gasteiger partial charge in [-0.15, -0.1) is 0 Å². The zero-order chi connectivity index (χ0) is 17.1. The molecule has 0 radical (unpaired) electrons. The fourth-order valence-corrected chi connectivity index (χ4v) is 3.48. The van der Waals surface area contributed by atoms with E-state index in [1.54, 1.807) is 14.2 Å². The van der Waals surface area contributed by atoms with Crippen LogP contribution in [0.15, 0.2) is 24.0 Å². The zero-order valence-corrected chi connectivity index (χ0v) is 14.5. The van der Waals surface area contributed by atoms with Gasteiger partial charge in [0.15, 0.2) is 11.5 Å². The maximum Gasteiger partial charge on any atom is 0.161 e. The molecule has 2 fully saturated rings. The average Bonchev–Trinajstić information content (AvgIpc) is 3.06. The predicted molar refractivity (Wildman–Crippen MR) is 90.2 cm³/mol. The van der Waals surface area contributed by atoms with Gasteiger partial charge < -0.3 is 18.9 Å². The summed E-state index contributed by atoms with van der Waals surface area (Å²) in [5.41, 5.74) is 1.95. The molecule has 130 valence electrons. The highest BCUT2D eigenvalue weighted by molar-refractivity contribution is 5.84. The summed E-state index contributed by atoms with van der Waals surface area (Å²) >= 11 is 0. The molecule has 2 unspecified atom stereocenters. The molecule has 0 N–H and O–H groups in total. The summed E-state index contributed by atoms with van der Waals surface area (Å²) in [6.45, 7) is 3.03. The van der Waals surface area contributed by atoms with Crippen LogP contribution in [0.1, 0.15) is 31.7 Å². The molecule has 1 aliphatic heterocycles. The van der Waals surface area contributed by atoms with Crippen LogP contribution < -0.4 is 9.47 Å². The van der Waals surface area contributed by atoms with Crippen LogP contribution in [0.2, 0.25) is 0 Å². The fourth-order valence-electron chi connectivity index (χ4n) is 3.48. The van der Waals surface area contributed by atoms with Crippen LogP contribution in [-0.4, -0.2) is 39.3 Å². The molecule has 1 aromatic carbocycles. The van der Waals surface area contributed by atoms with Crippen molar-refractivity contribution in [1.82, 2.24) is 0 Å². The summed E-state index contributed by atoms with van der Waals surface area (Å²) in [7, 11) is 3.23. The van der Waals surface area contributed by atoms with E-state index in [2.05, 4.69) is 0 Å². The lowest BCUT2D eigenvalue weighted by Gasteiger charge is -2.31. The number of methoxy groups -OCH3 is 2. The lowest BCUT2D eigenvalue weighted by molar-refractivity contribution is -0.129. The molecule has 1 aliphatic carbocycles. The van der Waals surface area contributed by atoms with Gasteiger partial charge in [0.05, 0.1) is 26.7 Å². The Balaban J connectivity index is 1.96. The predicted octanol–water partition coefficient (Wildman–Crippen LogP) is 3.22. The van der Waals surface area contributed by atoms with Crippen LogP contribution in [0.25, 0.3) is 5.57 Å². The topological polar surface area (TPSA) is 54.0 Å². The zero-order valence-electron chi connectivity index (χ0n) is 14.5. The highest BCUT2D eigenvalue weighted by atomic mass is 16.6. The van der Waals surface area contributed by atoms with Crippen LogP contribution in [0.3, 0.4) is 0 Å². The number of allylic oxidation sites excluding steroid dienone is 1. The number of hydrogen-bond donors (Lipinski definition) is 0. The van der Waals surface area contributed by atoms with Gasteiger partial charge in [0, 0.05) is 6.42 Å².